The number of rotatable bonds is 7. The van der Waals surface area contributed by atoms with Gasteiger partial charge in [-0.2, -0.15) is 0 Å². The van der Waals surface area contributed by atoms with E-state index in [-0.39, 0.29) is 18.0 Å². The molecule has 2 aromatic rings. The number of hydrogen-bond donors (Lipinski definition) is 2. The Hall–Kier alpha value is -3.29. The highest BCUT2D eigenvalue weighted by molar-refractivity contribution is 5.78. The maximum atomic E-state index is 11.7. The molecule has 2 rings (SSSR count). The smallest absolute Gasteiger partial charge is 0.311 e. The van der Waals surface area contributed by atoms with E-state index < -0.39 is 10.8 Å². The van der Waals surface area contributed by atoms with Crippen LogP contribution in [0, 0.1) is 17.0 Å². The Morgan fingerprint density at radius 1 is 1.39 bits per heavy atom. The van der Waals surface area contributed by atoms with Crippen molar-refractivity contribution in [2.45, 2.75) is 6.92 Å². The van der Waals surface area contributed by atoms with Crippen LogP contribution in [0.1, 0.15) is 11.3 Å². The van der Waals surface area contributed by atoms with Crippen molar-refractivity contribution in [3.8, 4) is 5.75 Å². The summed E-state index contributed by atoms with van der Waals surface area (Å²) in [4.78, 5) is 22.1. The van der Waals surface area contributed by atoms with E-state index in [2.05, 4.69) is 17.4 Å². The van der Waals surface area contributed by atoms with Gasteiger partial charge in [0.15, 0.2) is 18.1 Å². The third-order valence-electron chi connectivity index (χ3n) is 2.84. The molecule has 0 aliphatic carbocycles. The minimum Gasteiger partial charge on any atom is -0.477 e. The fraction of sp³-hybridized carbons (Fsp3) is 0.133. The second kappa shape index (κ2) is 7.12. The number of aryl methyl sites for hydroxylation is 1. The van der Waals surface area contributed by atoms with E-state index in [9.17, 15) is 14.9 Å². The van der Waals surface area contributed by atoms with E-state index in [1.54, 1.807) is 25.1 Å². The minimum atomic E-state index is -0.558. The average molecular weight is 317 g/mol. The number of nitrogens with one attached hydrogen (secondary N) is 2. The summed E-state index contributed by atoms with van der Waals surface area (Å²) in [5, 5.41) is 11.0. The molecule has 0 radical (unpaired) electrons. The number of nitro benzene ring substituents is 1. The lowest BCUT2D eigenvalue weighted by molar-refractivity contribution is -0.385. The maximum absolute atomic E-state index is 11.7. The number of hydrazine groups is 1. The van der Waals surface area contributed by atoms with E-state index in [1.807, 2.05) is 0 Å². The summed E-state index contributed by atoms with van der Waals surface area (Å²) in [6.07, 6.45) is 1.48. The Morgan fingerprint density at radius 2 is 2.17 bits per heavy atom. The predicted molar refractivity (Wildman–Crippen MR) is 82.3 cm³/mol. The van der Waals surface area contributed by atoms with Crippen LogP contribution in [0.2, 0.25) is 0 Å². The van der Waals surface area contributed by atoms with Gasteiger partial charge in [-0.25, -0.2) is 0 Å². The molecule has 1 aromatic heterocycles. The second-order valence-corrected chi connectivity index (χ2v) is 4.65. The van der Waals surface area contributed by atoms with E-state index >= 15 is 0 Å². The van der Waals surface area contributed by atoms with Crippen molar-refractivity contribution in [2.24, 2.45) is 0 Å². The Balaban J connectivity index is 1.87. The largest absolute Gasteiger partial charge is 0.477 e. The number of carbonyl (C=O) groups is 1. The molecule has 120 valence electrons. The average Bonchev–Trinajstić information content (AvgIpc) is 3.05. The first kappa shape index (κ1) is 16.1. The molecule has 0 bridgehead atoms. The van der Waals surface area contributed by atoms with Crippen LogP contribution in [0.15, 0.2) is 47.6 Å². The van der Waals surface area contributed by atoms with Gasteiger partial charge < -0.3 is 9.15 Å². The molecule has 1 heterocycles. The van der Waals surface area contributed by atoms with Gasteiger partial charge >= 0.3 is 5.69 Å². The van der Waals surface area contributed by atoms with Crippen LogP contribution in [0.25, 0.3) is 5.70 Å². The highest BCUT2D eigenvalue weighted by Gasteiger charge is 2.16. The van der Waals surface area contributed by atoms with Crippen molar-refractivity contribution in [3.05, 3.63) is 64.6 Å². The SMILES string of the molecule is C=C(NNC(=O)COc1ccc(C)cc1[N+](=O)[O-])c1ccco1. The van der Waals surface area contributed by atoms with Gasteiger partial charge in [-0.05, 0) is 30.7 Å². The molecule has 0 aliphatic rings. The Bertz CT molecular complexity index is 725. The number of ether oxygens (including phenoxy) is 1. The van der Waals surface area contributed by atoms with Gasteiger partial charge in [0.05, 0.1) is 16.9 Å². The van der Waals surface area contributed by atoms with E-state index in [1.165, 1.54) is 18.4 Å². The minimum absolute atomic E-state index is 0.0283. The standard InChI is InChI=1S/C15H15N3O5/c1-10-5-6-14(12(8-10)18(20)21)23-9-15(19)17-16-11(2)13-4-3-7-22-13/h3-8,16H,2,9H2,1H3,(H,17,19). The predicted octanol–water partition coefficient (Wildman–Crippen LogP) is 2.17. The number of furan rings is 1. The van der Waals surface area contributed by atoms with Crippen molar-refractivity contribution in [1.29, 1.82) is 0 Å². The molecule has 0 unspecified atom stereocenters. The second-order valence-electron chi connectivity index (χ2n) is 4.65. The van der Waals surface area contributed by atoms with Gasteiger partial charge in [0.2, 0.25) is 0 Å². The molecular weight excluding hydrogens is 302 g/mol. The highest BCUT2D eigenvalue weighted by Crippen LogP contribution is 2.27. The zero-order chi connectivity index (χ0) is 16.8. The molecule has 8 heteroatoms. The quantitative estimate of drug-likeness (QED) is 0.598. The van der Waals surface area contributed by atoms with E-state index in [4.69, 9.17) is 9.15 Å². The molecular formula is C15H15N3O5. The fourth-order valence-electron chi connectivity index (χ4n) is 1.73. The van der Waals surface area contributed by atoms with Gasteiger partial charge in [-0.1, -0.05) is 12.6 Å². The van der Waals surface area contributed by atoms with Gasteiger partial charge in [0.1, 0.15) is 0 Å². The lowest BCUT2D eigenvalue weighted by atomic mass is 10.2. The molecule has 1 aromatic carbocycles. The first-order chi connectivity index (χ1) is 11.0. The number of nitro groups is 1. The first-order valence-corrected chi connectivity index (χ1v) is 6.63. The van der Waals surface area contributed by atoms with Crippen LogP contribution in [0.4, 0.5) is 5.69 Å². The van der Waals surface area contributed by atoms with Gasteiger partial charge in [-0.15, -0.1) is 0 Å². The summed E-state index contributed by atoms with van der Waals surface area (Å²) < 4.78 is 10.3. The molecule has 23 heavy (non-hydrogen) atoms. The molecule has 0 spiro atoms. The Morgan fingerprint density at radius 3 is 2.83 bits per heavy atom. The lowest BCUT2D eigenvalue weighted by Crippen LogP contribution is -2.38. The van der Waals surface area contributed by atoms with Crippen molar-refractivity contribution < 1.29 is 18.9 Å². The van der Waals surface area contributed by atoms with Gasteiger partial charge in [0, 0.05) is 6.07 Å². The highest BCUT2D eigenvalue weighted by atomic mass is 16.6. The zero-order valence-electron chi connectivity index (χ0n) is 12.4. The van der Waals surface area contributed by atoms with E-state index in [0.29, 0.717) is 11.5 Å². The summed E-state index contributed by atoms with van der Waals surface area (Å²) in [6, 6.07) is 7.86. The van der Waals surface area contributed by atoms with Gasteiger partial charge in [0.25, 0.3) is 5.91 Å². The van der Waals surface area contributed by atoms with Crippen LogP contribution in [0.3, 0.4) is 0 Å². The summed E-state index contributed by atoms with van der Waals surface area (Å²) in [5.74, 6) is -0.0198. The van der Waals surface area contributed by atoms with Gasteiger partial charge in [-0.3, -0.25) is 25.8 Å². The van der Waals surface area contributed by atoms with Crippen LogP contribution >= 0.6 is 0 Å². The molecule has 0 saturated carbocycles. The summed E-state index contributed by atoms with van der Waals surface area (Å²) in [7, 11) is 0. The van der Waals surface area contributed by atoms with Crippen LogP contribution < -0.4 is 15.6 Å². The maximum Gasteiger partial charge on any atom is 0.311 e. The third kappa shape index (κ3) is 4.34. The van der Waals surface area contributed by atoms with Crippen LogP contribution in [-0.4, -0.2) is 17.4 Å². The Labute approximate surface area is 131 Å². The number of carbonyl (C=O) groups excluding carboxylic acids is 1. The molecule has 2 N–H and O–H groups in total. The number of nitrogens with zero attached hydrogens (tertiary/aromatic N) is 1. The fourth-order valence-corrected chi connectivity index (χ4v) is 1.73. The molecule has 0 saturated heterocycles. The van der Waals surface area contributed by atoms with Crippen molar-refractivity contribution >= 4 is 17.3 Å². The van der Waals surface area contributed by atoms with Crippen molar-refractivity contribution in [1.82, 2.24) is 10.9 Å². The lowest BCUT2D eigenvalue weighted by Gasteiger charge is -2.10. The summed E-state index contributed by atoms with van der Waals surface area (Å²) in [6.45, 7) is 5.03. The topological polar surface area (TPSA) is 107 Å². The van der Waals surface area contributed by atoms with Crippen molar-refractivity contribution in [3.63, 3.8) is 0 Å². The van der Waals surface area contributed by atoms with Crippen molar-refractivity contribution in [2.75, 3.05) is 6.61 Å². The molecule has 0 fully saturated rings. The number of hydrogen-bond acceptors (Lipinski definition) is 6. The summed E-state index contributed by atoms with van der Waals surface area (Å²) >= 11 is 0. The monoisotopic (exact) mass is 317 g/mol. The van der Waals surface area contributed by atoms with E-state index in [0.717, 1.165) is 5.56 Å². The summed E-state index contributed by atoms with van der Waals surface area (Å²) in [5.41, 5.74) is 5.83. The molecule has 0 atom stereocenters. The zero-order valence-corrected chi connectivity index (χ0v) is 12.4. The molecule has 0 aliphatic heterocycles. The number of amides is 1. The third-order valence-corrected chi connectivity index (χ3v) is 2.84. The molecule has 8 nitrogen and oxygen atoms in total. The first-order valence-electron chi connectivity index (χ1n) is 6.63. The number of benzene rings is 1. The van der Waals surface area contributed by atoms with Crippen LogP contribution in [0.5, 0.6) is 5.75 Å². The normalized spacial score (nSPS) is 9.96. The Kier molecular flexibility index (Phi) is 4.98. The molecule has 1 amide bonds. The van der Waals surface area contributed by atoms with Crippen LogP contribution in [-0.2, 0) is 4.79 Å².